The zero-order valence-corrected chi connectivity index (χ0v) is 15.1. The highest BCUT2D eigenvalue weighted by Gasteiger charge is 2.18. The number of benzene rings is 1. The second-order valence-electron chi connectivity index (χ2n) is 7.07. The van der Waals surface area contributed by atoms with E-state index in [2.05, 4.69) is 5.32 Å². The van der Waals surface area contributed by atoms with E-state index < -0.39 is 6.10 Å². The monoisotopic (exact) mass is 333 g/mol. The number of carbonyl (C=O) groups is 1. The van der Waals surface area contributed by atoms with E-state index in [-0.39, 0.29) is 17.9 Å². The zero-order valence-electron chi connectivity index (χ0n) is 15.1. The van der Waals surface area contributed by atoms with Crippen LogP contribution in [0, 0.1) is 0 Å². The number of aliphatic hydroxyl groups excluding tert-OH is 1. The lowest BCUT2D eigenvalue weighted by Gasteiger charge is -2.23. The molecule has 2 aromatic rings. The Kier molecular flexibility index (Phi) is 5.67. The smallest absolute Gasteiger partial charge is 0.164 e. The molecule has 1 unspecified atom stereocenters. The molecule has 0 fully saturated rings. The molecular weight excluding hydrogens is 306 g/mol. The van der Waals surface area contributed by atoms with Crippen LogP contribution in [-0.2, 0) is 6.42 Å². The average Bonchev–Trinajstić information content (AvgIpc) is 2.92. The summed E-state index contributed by atoms with van der Waals surface area (Å²) in [5.74, 6) is 1.23. The molecule has 0 aliphatic carbocycles. The maximum Gasteiger partial charge on any atom is 0.164 e. The van der Waals surface area contributed by atoms with Crippen molar-refractivity contribution in [3.05, 3.63) is 29.5 Å². The number of aryl methyl sites for hydroxylation is 1. The molecule has 1 aromatic heterocycles. The predicted molar refractivity (Wildman–Crippen MR) is 94.9 cm³/mol. The van der Waals surface area contributed by atoms with Crippen molar-refractivity contribution >= 4 is 16.8 Å². The molecule has 2 N–H and O–H groups in total. The van der Waals surface area contributed by atoms with Gasteiger partial charge in [0, 0.05) is 23.9 Å². The fourth-order valence-electron chi connectivity index (χ4n) is 2.47. The Labute approximate surface area is 143 Å². The van der Waals surface area contributed by atoms with Crippen LogP contribution >= 0.6 is 0 Å². The summed E-state index contributed by atoms with van der Waals surface area (Å²) in [6.45, 7) is 10.2. The van der Waals surface area contributed by atoms with Crippen molar-refractivity contribution in [2.75, 3.05) is 13.2 Å². The van der Waals surface area contributed by atoms with Crippen molar-refractivity contribution < 1.29 is 19.1 Å². The first-order valence-corrected chi connectivity index (χ1v) is 8.33. The van der Waals surface area contributed by atoms with Crippen LogP contribution in [0.2, 0.25) is 0 Å². The van der Waals surface area contributed by atoms with Crippen LogP contribution in [0.5, 0.6) is 5.75 Å². The highest BCUT2D eigenvalue weighted by molar-refractivity contribution is 6.08. The minimum absolute atomic E-state index is 0.0716. The molecule has 1 atom stereocenters. The van der Waals surface area contributed by atoms with Gasteiger partial charge in [0.2, 0.25) is 0 Å². The van der Waals surface area contributed by atoms with Gasteiger partial charge in [-0.3, -0.25) is 4.79 Å². The van der Waals surface area contributed by atoms with Crippen molar-refractivity contribution in [2.24, 2.45) is 0 Å². The Hall–Kier alpha value is -1.85. The standard InChI is InChI=1S/C19H27NO4/c1-6-14-9-15-16(24-14)7-8-17(18(15)12(2)21)23-11-13(22)10-20-19(3,4)5/h7-9,13,20,22H,6,10-11H2,1-5H3. The summed E-state index contributed by atoms with van der Waals surface area (Å²) >= 11 is 0. The highest BCUT2D eigenvalue weighted by Crippen LogP contribution is 2.31. The largest absolute Gasteiger partial charge is 0.490 e. The topological polar surface area (TPSA) is 71.7 Å². The molecular formula is C19H27NO4. The van der Waals surface area contributed by atoms with E-state index in [0.717, 1.165) is 17.6 Å². The first kappa shape index (κ1) is 18.5. The summed E-state index contributed by atoms with van der Waals surface area (Å²) in [6, 6.07) is 5.42. The Bertz CT molecular complexity index is 712. The lowest BCUT2D eigenvalue weighted by Crippen LogP contribution is -2.42. The van der Waals surface area contributed by atoms with Gasteiger partial charge in [-0.25, -0.2) is 0 Å². The highest BCUT2D eigenvalue weighted by atomic mass is 16.5. The van der Waals surface area contributed by atoms with Crippen molar-refractivity contribution in [2.45, 2.75) is 52.7 Å². The lowest BCUT2D eigenvalue weighted by atomic mass is 10.1. The van der Waals surface area contributed by atoms with Crippen LogP contribution in [0.3, 0.4) is 0 Å². The number of furan rings is 1. The van der Waals surface area contributed by atoms with Gasteiger partial charge in [-0.2, -0.15) is 0 Å². The summed E-state index contributed by atoms with van der Waals surface area (Å²) in [6.07, 6.45) is 0.106. The van der Waals surface area contributed by atoms with E-state index in [9.17, 15) is 9.90 Å². The summed E-state index contributed by atoms with van der Waals surface area (Å²) in [4.78, 5) is 12.1. The van der Waals surface area contributed by atoms with Crippen LogP contribution in [0.1, 0.15) is 50.7 Å². The first-order chi connectivity index (χ1) is 11.2. The fraction of sp³-hybridized carbons (Fsp3) is 0.526. The van der Waals surface area contributed by atoms with Crippen molar-refractivity contribution in [1.29, 1.82) is 0 Å². The summed E-state index contributed by atoms with van der Waals surface area (Å²) < 4.78 is 11.4. The number of nitrogens with one attached hydrogen (secondary N) is 1. The number of hydrogen-bond donors (Lipinski definition) is 2. The fourth-order valence-corrected chi connectivity index (χ4v) is 2.47. The third kappa shape index (κ3) is 4.58. The molecule has 5 nitrogen and oxygen atoms in total. The van der Waals surface area contributed by atoms with E-state index in [1.165, 1.54) is 6.92 Å². The van der Waals surface area contributed by atoms with Gasteiger partial charge < -0.3 is 19.6 Å². The third-order valence-electron chi connectivity index (χ3n) is 3.71. The average molecular weight is 333 g/mol. The van der Waals surface area contributed by atoms with Crippen molar-refractivity contribution in [3.63, 3.8) is 0 Å². The van der Waals surface area contributed by atoms with Gasteiger partial charge in [0.05, 0.1) is 5.56 Å². The molecule has 0 saturated carbocycles. The van der Waals surface area contributed by atoms with Gasteiger partial charge in [-0.05, 0) is 45.9 Å². The Morgan fingerprint density at radius 2 is 2.08 bits per heavy atom. The van der Waals surface area contributed by atoms with Gasteiger partial charge >= 0.3 is 0 Å². The molecule has 0 bridgehead atoms. The molecule has 0 amide bonds. The molecule has 0 saturated heterocycles. The lowest BCUT2D eigenvalue weighted by molar-refractivity contribution is 0.0952. The van der Waals surface area contributed by atoms with Crippen LogP contribution in [0.4, 0.5) is 0 Å². The molecule has 132 valence electrons. The molecule has 0 aliphatic rings. The summed E-state index contributed by atoms with van der Waals surface area (Å²) in [7, 11) is 0. The Morgan fingerprint density at radius 1 is 1.38 bits per heavy atom. The number of Topliss-reactive ketones (excluding diaryl/α,β-unsaturated/α-hetero) is 1. The Balaban J connectivity index is 2.16. The van der Waals surface area contributed by atoms with Crippen molar-refractivity contribution in [3.8, 4) is 5.75 Å². The van der Waals surface area contributed by atoms with Crippen LogP contribution < -0.4 is 10.1 Å². The van der Waals surface area contributed by atoms with E-state index in [4.69, 9.17) is 9.15 Å². The predicted octanol–water partition coefficient (Wildman–Crippen LogP) is 3.33. The quantitative estimate of drug-likeness (QED) is 0.761. The minimum atomic E-state index is -0.657. The van der Waals surface area contributed by atoms with Crippen molar-refractivity contribution in [1.82, 2.24) is 5.32 Å². The number of hydrogen-bond acceptors (Lipinski definition) is 5. The van der Waals surface area contributed by atoms with Crippen LogP contribution in [0.15, 0.2) is 22.6 Å². The molecule has 0 spiro atoms. The molecule has 1 heterocycles. The molecule has 5 heteroatoms. The number of ether oxygens (including phenoxy) is 1. The third-order valence-corrected chi connectivity index (χ3v) is 3.71. The number of ketones is 1. The second-order valence-corrected chi connectivity index (χ2v) is 7.07. The number of fused-ring (bicyclic) bond motifs is 1. The first-order valence-electron chi connectivity index (χ1n) is 8.33. The number of rotatable bonds is 7. The molecule has 24 heavy (non-hydrogen) atoms. The van der Waals surface area contributed by atoms with Gasteiger partial charge in [0.25, 0.3) is 0 Å². The maximum atomic E-state index is 12.1. The summed E-state index contributed by atoms with van der Waals surface area (Å²) in [5.41, 5.74) is 1.11. The van der Waals surface area contributed by atoms with Gasteiger partial charge in [-0.1, -0.05) is 6.92 Å². The number of carbonyl (C=O) groups excluding carboxylic acids is 1. The number of β-amino-alcohol motifs (C(OH)–C–C–N with tert-alkyl or cyclic N) is 1. The molecule has 2 rings (SSSR count). The summed E-state index contributed by atoms with van der Waals surface area (Å²) in [5, 5.41) is 14.1. The van der Waals surface area contributed by atoms with E-state index >= 15 is 0 Å². The van der Waals surface area contributed by atoms with Gasteiger partial charge in [0.1, 0.15) is 29.8 Å². The van der Waals surface area contributed by atoms with Crippen LogP contribution in [-0.4, -0.2) is 35.7 Å². The van der Waals surface area contributed by atoms with Crippen LogP contribution in [0.25, 0.3) is 11.0 Å². The Morgan fingerprint density at radius 3 is 2.67 bits per heavy atom. The SMILES string of the molecule is CCc1cc2c(C(C)=O)c(OCC(O)CNC(C)(C)C)ccc2o1. The van der Waals surface area contributed by atoms with Gasteiger partial charge in [0.15, 0.2) is 5.78 Å². The van der Waals surface area contributed by atoms with E-state index in [1.54, 1.807) is 12.1 Å². The molecule has 0 aliphatic heterocycles. The maximum absolute atomic E-state index is 12.1. The number of aliphatic hydroxyl groups is 1. The molecule has 0 radical (unpaired) electrons. The van der Waals surface area contributed by atoms with E-state index in [1.807, 2.05) is 33.8 Å². The molecule has 1 aromatic carbocycles. The van der Waals surface area contributed by atoms with Gasteiger partial charge in [-0.15, -0.1) is 0 Å². The second kappa shape index (κ2) is 7.36. The zero-order chi connectivity index (χ0) is 17.9. The normalized spacial score (nSPS) is 13.2. The minimum Gasteiger partial charge on any atom is -0.490 e. The van der Waals surface area contributed by atoms with E-state index in [0.29, 0.717) is 23.4 Å².